The Kier molecular flexibility index (Phi) is 6.29. The lowest BCUT2D eigenvalue weighted by molar-refractivity contribution is 0.0926. The molecule has 1 fully saturated rings. The van der Waals surface area contributed by atoms with Gasteiger partial charge in [0.2, 0.25) is 5.95 Å². The summed E-state index contributed by atoms with van der Waals surface area (Å²) in [7, 11) is 3.93. The predicted molar refractivity (Wildman–Crippen MR) is 113 cm³/mol. The molecule has 0 saturated heterocycles. The first kappa shape index (κ1) is 18.9. The van der Waals surface area contributed by atoms with Gasteiger partial charge in [0.05, 0.1) is 0 Å². The third-order valence-corrected chi connectivity index (χ3v) is 5.25. The molecule has 138 valence electrons. The van der Waals surface area contributed by atoms with Crippen LogP contribution in [-0.4, -0.2) is 42.1 Å². The fourth-order valence-electron chi connectivity index (χ4n) is 3.13. The third kappa shape index (κ3) is 5.06. The van der Waals surface area contributed by atoms with Gasteiger partial charge in [-0.15, -0.1) is 0 Å². The summed E-state index contributed by atoms with van der Waals surface area (Å²) in [6.45, 7) is 0. The highest BCUT2D eigenvalue weighted by atomic mass is 127. The summed E-state index contributed by atoms with van der Waals surface area (Å²) < 4.78 is 1.07. The smallest absolute Gasteiger partial charge is 0.251 e. The van der Waals surface area contributed by atoms with Crippen molar-refractivity contribution in [1.82, 2.24) is 15.3 Å². The lowest BCUT2D eigenvalue weighted by Gasteiger charge is -2.29. The van der Waals surface area contributed by atoms with Crippen LogP contribution >= 0.6 is 22.6 Å². The number of aromatic nitrogens is 2. The van der Waals surface area contributed by atoms with Crippen LogP contribution in [0.5, 0.6) is 0 Å². The summed E-state index contributed by atoms with van der Waals surface area (Å²) >= 11 is 2.23. The van der Waals surface area contributed by atoms with E-state index in [1.807, 2.05) is 49.3 Å². The molecule has 0 radical (unpaired) electrons. The maximum absolute atomic E-state index is 12.4. The summed E-state index contributed by atoms with van der Waals surface area (Å²) in [6, 6.07) is 10.1. The van der Waals surface area contributed by atoms with Gasteiger partial charge in [-0.2, -0.15) is 4.98 Å². The van der Waals surface area contributed by atoms with Gasteiger partial charge in [-0.05, 0) is 72.5 Å². The number of hydrogen-bond acceptors (Lipinski definition) is 5. The van der Waals surface area contributed by atoms with Gasteiger partial charge in [-0.3, -0.25) is 4.79 Å². The number of nitrogens with one attached hydrogen (secondary N) is 2. The van der Waals surface area contributed by atoms with Crippen LogP contribution in [0.3, 0.4) is 0 Å². The maximum atomic E-state index is 12.4. The number of nitrogens with zero attached hydrogens (tertiary/aromatic N) is 3. The maximum Gasteiger partial charge on any atom is 0.251 e. The molecule has 0 bridgehead atoms. The Balaban J connectivity index is 1.50. The minimum Gasteiger partial charge on any atom is -0.363 e. The first-order chi connectivity index (χ1) is 12.5. The van der Waals surface area contributed by atoms with E-state index < -0.39 is 0 Å². The number of halogens is 1. The molecule has 0 spiro atoms. The SMILES string of the molecule is CN(C)c1ccnc(N[C@H]2CC[C@@H](NC(=O)c3cccc(I)c3)CC2)n1. The number of anilines is 2. The summed E-state index contributed by atoms with van der Waals surface area (Å²) in [5, 5.41) is 6.59. The number of carbonyl (C=O) groups excluding carboxylic acids is 1. The van der Waals surface area contributed by atoms with Crippen LogP contribution in [-0.2, 0) is 0 Å². The molecule has 0 unspecified atom stereocenters. The molecule has 1 heterocycles. The van der Waals surface area contributed by atoms with Gasteiger partial charge in [0.15, 0.2) is 0 Å². The molecule has 1 aromatic heterocycles. The summed E-state index contributed by atoms with van der Waals surface area (Å²) in [5.41, 5.74) is 0.728. The number of rotatable bonds is 5. The van der Waals surface area contributed by atoms with E-state index in [0.717, 1.165) is 40.6 Å². The summed E-state index contributed by atoms with van der Waals surface area (Å²) in [5.74, 6) is 1.57. The summed E-state index contributed by atoms with van der Waals surface area (Å²) in [6.07, 6.45) is 5.68. The highest BCUT2D eigenvalue weighted by molar-refractivity contribution is 14.1. The average Bonchev–Trinajstić information content (AvgIpc) is 2.63. The Labute approximate surface area is 167 Å². The molecule has 1 aliphatic carbocycles. The fourth-order valence-corrected chi connectivity index (χ4v) is 3.67. The molecule has 0 aliphatic heterocycles. The monoisotopic (exact) mass is 465 g/mol. The molecular weight excluding hydrogens is 441 g/mol. The normalized spacial score (nSPS) is 19.7. The Morgan fingerprint density at radius 3 is 2.58 bits per heavy atom. The van der Waals surface area contributed by atoms with Crippen LogP contribution in [0.25, 0.3) is 0 Å². The fraction of sp³-hybridized carbons (Fsp3) is 0.421. The van der Waals surface area contributed by atoms with E-state index in [1.165, 1.54) is 0 Å². The largest absolute Gasteiger partial charge is 0.363 e. The molecule has 3 rings (SSSR count). The van der Waals surface area contributed by atoms with Crippen LogP contribution in [0.2, 0.25) is 0 Å². The third-order valence-electron chi connectivity index (χ3n) is 4.58. The van der Waals surface area contributed by atoms with Crippen molar-refractivity contribution in [3.8, 4) is 0 Å². The van der Waals surface area contributed by atoms with Crippen molar-refractivity contribution in [3.05, 3.63) is 45.7 Å². The van der Waals surface area contributed by atoms with E-state index in [9.17, 15) is 4.79 Å². The second-order valence-corrected chi connectivity index (χ2v) is 8.06. The van der Waals surface area contributed by atoms with Crippen LogP contribution in [0, 0.1) is 3.57 Å². The van der Waals surface area contributed by atoms with Crippen molar-refractivity contribution in [2.45, 2.75) is 37.8 Å². The van der Waals surface area contributed by atoms with Crippen molar-refractivity contribution in [2.75, 3.05) is 24.3 Å². The van der Waals surface area contributed by atoms with E-state index in [2.05, 4.69) is 43.2 Å². The lowest BCUT2D eigenvalue weighted by atomic mass is 9.91. The molecule has 1 saturated carbocycles. The van der Waals surface area contributed by atoms with Crippen molar-refractivity contribution in [3.63, 3.8) is 0 Å². The minimum atomic E-state index is 0.0157. The van der Waals surface area contributed by atoms with Crippen molar-refractivity contribution < 1.29 is 4.79 Å². The molecule has 1 aromatic carbocycles. The number of amides is 1. The molecule has 0 atom stereocenters. The molecule has 26 heavy (non-hydrogen) atoms. The van der Waals surface area contributed by atoms with Crippen molar-refractivity contribution in [1.29, 1.82) is 0 Å². The van der Waals surface area contributed by atoms with E-state index in [1.54, 1.807) is 6.20 Å². The quantitative estimate of drug-likeness (QED) is 0.664. The average molecular weight is 465 g/mol. The van der Waals surface area contributed by atoms with Crippen LogP contribution in [0.4, 0.5) is 11.8 Å². The zero-order chi connectivity index (χ0) is 18.5. The molecule has 1 aliphatic rings. The van der Waals surface area contributed by atoms with E-state index >= 15 is 0 Å². The van der Waals surface area contributed by atoms with Crippen LogP contribution in [0.1, 0.15) is 36.0 Å². The van der Waals surface area contributed by atoms with Gasteiger partial charge in [-0.1, -0.05) is 6.07 Å². The molecule has 2 aromatic rings. The molecule has 2 N–H and O–H groups in total. The van der Waals surface area contributed by atoms with E-state index in [4.69, 9.17) is 0 Å². The van der Waals surface area contributed by atoms with Gasteiger partial charge in [0.1, 0.15) is 5.82 Å². The highest BCUT2D eigenvalue weighted by Gasteiger charge is 2.23. The Morgan fingerprint density at radius 1 is 1.15 bits per heavy atom. The standard InChI is InChI=1S/C19H24IN5O/c1-25(2)17-10-11-21-19(24-17)23-16-8-6-15(7-9-16)22-18(26)13-4-3-5-14(20)12-13/h3-5,10-12,15-16H,6-9H2,1-2H3,(H,22,26)(H,21,23,24)/t15-,16+. The van der Waals surface area contributed by atoms with Gasteiger partial charge >= 0.3 is 0 Å². The van der Waals surface area contributed by atoms with E-state index in [-0.39, 0.29) is 11.9 Å². The van der Waals surface area contributed by atoms with Gasteiger partial charge in [-0.25, -0.2) is 4.98 Å². The number of benzene rings is 1. The highest BCUT2D eigenvalue weighted by Crippen LogP contribution is 2.22. The number of carbonyl (C=O) groups is 1. The zero-order valence-electron chi connectivity index (χ0n) is 15.1. The van der Waals surface area contributed by atoms with Gasteiger partial charge < -0.3 is 15.5 Å². The Morgan fingerprint density at radius 2 is 1.88 bits per heavy atom. The molecular formula is C19H24IN5O. The first-order valence-electron chi connectivity index (χ1n) is 8.84. The Bertz CT molecular complexity index is 759. The zero-order valence-corrected chi connectivity index (χ0v) is 17.2. The van der Waals surface area contributed by atoms with Crippen LogP contribution in [0.15, 0.2) is 36.5 Å². The van der Waals surface area contributed by atoms with Crippen molar-refractivity contribution in [2.24, 2.45) is 0 Å². The van der Waals surface area contributed by atoms with E-state index in [0.29, 0.717) is 12.0 Å². The molecule has 6 nitrogen and oxygen atoms in total. The minimum absolute atomic E-state index is 0.0157. The molecule has 1 amide bonds. The van der Waals surface area contributed by atoms with Gasteiger partial charge in [0, 0.05) is 41.5 Å². The van der Waals surface area contributed by atoms with Crippen molar-refractivity contribution >= 4 is 40.3 Å². The molecule has 7 heteroatoms. The number of hydrogen-bond donors (Lipinski definition) is 2. The lowest BCUT2D eigenvalue weighted by Crippen LogP contribution is -2.40. The van der Waals surface area contributed by atoms with Gasteiger partial charge in [0.25, 0.3) is 5.91 Å². The summed E-state index contributed by atoms with van der Waals surface area (Å²) in [4.78, 5) is 23.2. The second-order valence-electron chi connectivity index (χ2n) is 6.81. The van der Waals surface area contributed by atoms with Crippen LogP contribution < -0.4 is 15.5 Å². The predicted octanol–water partition coefficient (Wildman–Crippen LogP) is 3.30. The topological polar surface area (TPSA) is 70.2 Å². The second kappa shape index (κ2) is 8.66. The first-order valence-corrected chi connectivity index (χ1v) is 9.92. The Hall–Kier alpha value is -1.90.